The minimum absolute atomic E-state index is 0.131. The lowest BCUT2D eigenvalue weighted by molar-refractivity contribution is -0.141. The zero-order chi connectivity index (χ0) is 66.4. The van der Waals surface area contributed by atoms with E-state index in [0.29, 0.717) is 93.8 Å². The molecule has 12 heteroatoms. The van der Waals surface area contributed by atoms with Crippen LogP contribution in [0.4, 0.5) is 22.7 Å². The molecule has 0 radical (unpaired) electrons. The zero-order valence-corrected chi connectivity index (χ0v) is 57.3. The third-order valence-corrected chi connectivity index (χ3v) is 28.6. The molecule has 0 saturated heterocycles. The van der Waals surface area contributed by atoms with Gasteiger partial charge in [0, 0.05) is 89.3 Å². The van der Waals surface area contributed by atoms with E-state index in [-0.39, 0.29) is 45.3 Å². The van der Waals surface area contributed by atoms with Gasteiger partial charge in [0.05, 0.1) is 44.4 Å². The van der Waals surface area contributed by atoms with Gasteiger partial charge in [0.1, 0.15) is 0 Å². The topological polar surface area (TPSA) is 174 Å². The summed E-state index contributed by atoms with van der Waals surface area (Å²) in [5.41, 5.74) is 14.1. The second kappa shape index (κ2) is 22.4. The maximum Gasteiger partial charge on any atom is 0.230 e. The first kappa shape index (κ1) is 60.2. The second-order valence-corrected chi connectivity index (χ2v) is 35.3. The smallest absolute Gasteiger partial charge is 0.230 e. The fourth-order valence-electron chi connectivity index (χ4n) is 26.2. The minimum atomic E-state index is -0.384. The van der Waals surface area contributed by atoms with Crippen molar-refractivity contribution in [2.24, 2.45) is 92.7 Å². The lowest BCUT2D eigenvalue weighted by Crippen LogP contribution is -2.51. The van der Waals surface area contributed by atoms with E-state index in [2.05, 4.69) is 153 Å². The number of H-pyrrole nitrogens is 2. The molecule has 100 heavy (non-hydrogen) atoms. The first-order valence-electron chi connectivity index (χ1n) is 38.6. The molecule has 7 aromatic rings. The van der Waals surface area contributed by atoms with E-state index >= 15 is 19.2 Å². The van der Waals surface area contributed by atoms with Crippen molar-refractivity contribution in [3.8, 4) is 44.5 Å². The van der Waals surface area contributed by atoms with Crippen LogP contribution >= 0.6 is 0 Å². The second-order valence-electron chi connectivity index (χ2n) is 35.3. The Morgan fingerprint density at radius 2 is 0.450 bits per heavy atom. The molecule has 6 N–H and O–H groups in total. The monoisotopic (exact) mass is 1320 g/mol. The van der Waals surface area contributed by atoms with E-state index in [1.807, 2.05) is 24.3 Å². The van der Waals surface area contributed by atoms with Crippen LogP contribution in [-0.2, 0) is 19.2 Å². The highest BCUT2D eigenvalue weighted by atomic mass is 16.2. The van der Waals surface area contributed by atoms with Gasteiger partial charge in [0.2, 0.25) is 23.6 Å². The highest BCUT2D eigenvalue weighted by Crippen LogP contribution is 2.65. The molecule has 16 aliphatic carbocycles. The Morgan fingerprint density at radius 3 is 0.640 bits per heavy atom. The van der Waals surface area contributed by atoms with Crippen LogP contribution in [0.2, 0.25) is 0 Å². The lowest BCUT2D eigenvalue weighted by atomic mass is 9.49. The summed E-state index contributed by atoms with van der Waals surface area (Å²) >= 11 is 0. The summed E-state index contributed by atoms with van der Waals surface area (Å²) in [7, 11) is 0. The van der Waals surface area contributed by atoms with Crippen molar-refractivity contribution in [2.75, 3.05) is 21.3 Å². The Labute approximate surface area is 585 Å². The number of para-hydroxylation sites is 4. The van der Waals surface area contributed by atoms with Gasteiger partial charge in [-0.25, -0.2) is 9.97 Å². The summed E-state index contributed by atoms with van der Waals surface area (Å²) in [6, 6.07) is 41.7. The predicted octanol–water partition coefficient (Wildman–Crippen LogP) is 19.9. The molecule has 18 aliphatic rings. The molecular formula is C88H90N8O4. The molecule has 3 aromatic heterocycles. The van der Waals surface area contributed by atoms with Crippen LogP contribution in [0.5, 0.6) is 0 Å². The third kappa shape index (κ3) is 9.76. The van der Waals surface area contributed by atoms with Crippen molar-refractivity contribution >= 4 is 92.7 Å². The number of fused-ring (bicyclic) bond motifs is 8. The summed E-state index contributed by atoms with van der Waals surface area (Å²) < 4.78 is 0. The number of rotatable bonds is 12. The third-order valence-electron chi connectivity index (χ3n) is 28.6. The van der Waals surface area contributed by atoms with Crippen LogP contribution in [0.15, 0.2) is 121 Å². The van der Waals surface area contributed by atoms with E-state index < -0.39 is 0 Å². The number of hydrogen-bond acceptors (Lipinski definition) is 6. The molecular weight excluding hydrogens is 1230 g/mol. The van der Waals surface area contributed by atoms with E-state index in [1.165, 1.54) is 77.0 Å². The molecule has 25 rings (SSSR count). The number of aromatic nitrogens is 4. The van der Waals surface area contributed by atoms with E-state index in [1.54, 1.807) is 0 Å². The summed E-state index contributed by atoms with van der Waals surface area (Å²) in [6.07, 6.45) is 34.8. The Hall–Kier alpha value is -8.64. The van der Waals surface area contributed by atoms with E-state index in [0.717, 1.165) is 166 Å². The van der Waals surface area contributed by atoms with Crippen molar-refractivity contribution in [3.63, 3.8) is 0 Å². The molecule has 0 spiro atoms. The van der Waals surface area contributed by atoms with Crippen molar-refractivity contribution in [2.45, 2.75) is 154 Å². The maximum absolute atomic E-state index is 15.3. The van der Waals surface area contributed by atoms with Gasteiger partial charge in [-0.05, 0) is 298 Å². The molecule has 0 atom stereocenters. The van der Waals surface area contributed by atoms with Gasteiger partial charge in [0.25, 0.3) is 0 Å². The first-order valence-corrected chi connectivity index (χ1v) is 38.6. The van der Waals surface area contributed by atoms with E-state index in [4.69, 9.17) is 9.97 Å². The summed E-state index contributed by atoms with van der Waals surface area (Å²) in [5, 5.41) is 14.5. The highest BCUT2D eigenvalue weighted by molar-refractivity contribution is 6.09. The number of nitrogens with zero attached hydrogens (tertiary/aromatic N) is 2. The average molecular weight is 1320 g/mol. The average Bonchev–Trinajstić information content (AvgIpc) is 1.09. The van der Waals surface area contributed by atoms with Crippen molar-refractivity contribution < 1.29 is 19.2 Å². The molecule has 16 saturated carbocycles. The molecule has 2 aliphatic heterocycles. The van der Waals surface area contributed by atoms with Gasteiger partial charge in [-0.15, -0.1) is 0 Å². The van der Waals surface area contributed by atoms with Crippen molar-refractivity contribution in [1.82, 2.24) is 19.9 Å². The minimum Gasteiger partial charge on any atom is -0.354 e. The van der Waals surface area contributed by atoms with Crippen LogP contribution < -0.4 is 21.3 Å². The summed E-state index contributed by atoms with van der Waals surface area (Å²) in [6.45, 7) is 0. The predicted molar refractivity (Wildman–Crippen MR) is 398 cm³/mol. The number of hydrogen-bond donors (Lipinski definition) is 6. The molecule has 12 nitrogen and oxygen atoms in total. The Morgan fingerprint density at radius 1 is 0.270 bits per heavy atom. The van der Waals surface area contributed by atoms with Gasteiger partial charge in [-0.2, -0.15) is 0 Å². The maximum atomic E-state index is 15.3. The number of anilines is 4. The number of aromatic amines is 2. The van der Waals surface area contributed by atoms with Crippen LogP contribution in [-0.4, -0.2) is 43.6 Å². The number of carbonyl (C=O) groups excluding carboxylic acids is 4. The SMILES string of the molecule is O=C(Nc1ccccc1-c1c2nc(c(-c3ccccc3NC(=O)C34CC5CC(CC(C5)C3)C4)c3ccc([nH]3)c(-c3ccccc3NC(=O)C34CC5CC(CC(C5)C3)C4)c3nc(c(-c4ccccc4NC(=O)C45CC6CC(CC(C6)C4)C5)c4ccc1[nH]4)C=C3)C=C2)C12CC3CC(CC(C3)C1)C2. The van der Waals surface area contributed by atoms with Gasteiger partial charge < -0.3 is 31.2 Å². The first-order chi connectivity index (χ1) is 48.8. The molecule has 5 heterocycles. The normalized spacial score (nSPS) is 33.7. The van der Waals surface area contributed by atoms with Crippen molar-refractivity contribution in [3.05, 3.63) is 144 Å². The zero-order valence-electron chi connectivity index (χ0n) is 57.3. The fourth-order valence-corrected chi connectivity index (χ4v) is 26.2. The Balaban J connectivity index is 0.786. The van der Waals surface area contributed by atoms with Crippen LogP contribution in [0.3, 0.4) is 0 Å². The Bertz CT molecular complexity index is 4170. The highest BCUT2D eigenvalue weighted by Gasteiger charge is 2.59. The standard InChI is InChI=1S/C88H90N8O4/c97-81(85-37-49-25-50(38-85)27-51(26-49)39-85)93-65-13-5-1-9-61(65)77-69-17-19-71(89-69)78(62-10-2-6-14-66(62)94-82(98)86-40-52-28-53(41-86)30-54(29-52)42-86)73-21-23-75(91-73)80(64-12-4-8-16-68(64)96-84(100)88-46-58-34-59(47-88)36-60(35-58)48-88)76-24-22-74(92-76)79(72-20-18-70(77)90-72)63-11-3-7-15-67(63)95-83(99)87-43-55-31-56(44-87)33-57(32-55)45-87/h1-24,49-60,89,92H,25-48H2,(H,93,97)(H,94,98)(H,95,99)(H,96,100). The van der Waals surface area contributed by atoms with Crippen molar-refractivity contribution in [1.29, 1.82) is 0 Å². The lowest BCUT2D eigenvalue weighted by Gasteiger charge is -2.55. The van der Waals surface area contributed by atoms with Gasteiger partial charge in [0.15, 0.2) is 0 Å². The van der Waals surface area contributed by atoms with Gasteiger partial charge >= 0.3 is 0 Å². The molecule has 4 amide bonds. The van der Waals surface area contributed by atoms with E-state index in [9.17, 15) is 0 Å². The number of carbonyl (C=O) groups is 4. The Kier molecular flexibility index (Phi) is 13.5. The van der Waals surface area contributed by atoms with Gasteiger partial charge in [-0.1, -0.05) is 72.8 Å². The van der Waals surface area contributed by atoms with Gasteiger partial charge in [-0.3, -0.25) is 19.2 Å². The number of nitrogens with one attached hydrogen (secondary N) is 6. The molecule has 16 fully saturated rings. The molecule has 506 valence electrons. The quantitative estimate of drug-likeness (QED) is 0.0710. The van der Waals surface area contributed by atoms with Crippen LogP contribution in [0.25, 0.3) is 90.9 Å². The summed E-state index contributed by atoms with van der Waals surface area (Å²) in [4.78, 5) is 81.1. The summed E-state index contributed by atoms with van der Waals surface area (Å²) in [5.74, 6) is 7.78. The molecule has 0 unspecified atom stereocenters. The number of benzene rings is 4. The number of amides is 4. The van der Waals surface area contributed by atoms with Crippen LogP contribution in [0, 0.1) is 92.7 Å². The molecule has 4 aromatic carbocycles. The fraction of sp³-hybridized carbons (Fsp3) is 0.455. The van der Waals surface area contributed by atoms with Crippen LogP contribution in [0.1, 0.15) is 177 Å². The molecule has 24 bridgehead atoms. The largest absolute Gasteiger partial charge is 0.354 e.